The zero-order chi connectivity index (χ0) is 13.2. The highest BCUT2D eigenvalue weighted by Gasteiger charge is 2.21. The van der Waals surface area contributed by atoms with Crippen molar-refractivity contribution in [1.29, 1.82) is 0 Å². The van der Waals surface area contributed by atoms with Crippen molar-refractivity contribution < 1.29 is 19.0 Å². The molecule has 0 unspecified atom stereocenters. The number of carboxylic acids is 1. The number of nitrogens with zero attached hydrogens (tertiary/aromatic N) is 1. The molecule has 0 aliphatic carbocycles. The van der Waals surface area contributed by atoms with Gasteiger partial charge < -0.3 is 5.11 Å². The first-order valence-electron chi connectivity index (χ1n) is 5.74. The Morgan fingerprint density at radius 1 is 1.17 bits per heavy atom. The second kappa shape index (κ2) is 5.27. The van der Waals surface area contributed by atoms with Crippen molar-refractivity contribution in [2.24, 2.45) is 0 Å². The molecule has 0 spiro atoms. The minimum Gasteiger partial charge on any atom is -0.478 e. The van der Waals surface area contributed by atoms with Gasteiger partial charge in [0.15, 0.2) is 0 Å². The van der Waals surface area contributed by atoms with E-state index in [2.05, 4.69) is 4.90 Å². The fourth-order valence-electron chi connectivity index (χ4n) is 1.93. The van der Waals surface area contributed by atoms with E-state index in [1.54, 1.807) is 24.3 Å². The molecular weight excluding hydrogens is 254 g/mol. The molecule has 0 saturated carbocycles. The fraction of sp³-hybridized carbons (Fsp3) is 0.417. The zero-order valence-corrected chi connectivity index (χ0v) is 10.8. The molecule has 1 fully saturated rings. The summed E-state index contributed by atoms with van der Waals surface area (Å²) in [6.07, 6.45) is 0. The van der Waals surface area contributed by atoms with Gasteiger partial charge in [0.05, 0.1) is 17.1 Å². The summed E-state index contributed by atoms with van der Waals surface area (Å²) in [6, 6.07) is 6.79. The van der Waals surface area contributed by atoms with E-state index in [1.165, 1.54) is 0 Å². The second-order valence-electron chi connectivity index (χ2n) is 4.49. The van der Waals surface area contributed by atoms with E-state index in [9.17, 15) is 13.9 Å². The van der Waals surface area contributed by atoms with Crippen molar-refractivity contribution in [3.05, 3.63) is 35.4 Å². The third-order valence-electron chi connectivity index (χ3n) is 3.08. The molecule has 1 aromatic rings. The predicted molar refractivity (Wildman–Crippen MR) is 71.3 cm³/mol. The molecule has 1 aliphatic heterocycles. The lowest BCUT2D eigenvalue weighted by atomic mass is 10.1. The molecule has 0 aromatic heterocycles. The molecule has 2 rings (SSSR count). The molecule has 6 heteroatoms. The molecule has 0 bridgehead atoms. The number of rotatable bonds is 3. The van der Waals surface area contributed by atoms with Crippen LogP contribution >= 0.6 is 10.6 Å². The lowest BCUT2D eigenvalue weighted by Crippen LogP contribution is -2.37. The Morgan fingerprint density at radius 2 is 1.72 bits per heavy atom. The molecule has 3 N–H and O–H groups in total. The summed E-state index contributed by atoms with van der Waals surface area (Å²) in [6.45, 7) is 2.06. The summed E-state index contributed by atoms with van der Waals surface area (Å²) in [7, 11) is -2.35. The largest absolute Gasteiger partial charge is 0.478 e. The number of aromatic carboxylic acids is 1. The van der Waals surface area contributed by atoms with Crippen LogP contribution in [0.25, 0.3) is 0 Å². The van der Waals surface area contributed by atoms with E-state index in [1.807, 2.05) is 0 Å². The van der Waals surface area contributed by atoms with Crippen molar-refractivity contribution in [2.45, 2.75) is 6.54 Å². The Morgan fingerprint density at radius 3 is 2.22 bits per heavy atom. The van der Waals surface area contributed by atoms with Gasteiger partial charge in [0.25, 0.3) is 0 Å². The quantitative estimate of drug-likeness (QED) is 0.783. The second-order valence-corrected chi connectivity index (χ2v) is 6.91. The molecule has 5 nitrogen and oxygen atoms in total. The van der Waals surface area contributed by atoms with Crippen molar-refractivity contribution >= 4 is 16.6 Å². The summed E-state index contributed by atoms with van der Waals surface area (Å²) in [4.78, 5) is 12.9. The smallest absolute Gasteiger partial charge is 0.335 e. The standard InChI is InChI=1S/C12H17NO4S/c14-12(15)11-3-1-10(2-4-11)9-13-5-7-18(16,17)8-6-13/h1-4,16-17H,5-9H2,(H,14,15). The van der Waals surface area contributed by atoms with Crippen LogP contribution in [0.1, 0.15) is 15.9 Å². The molecule has 0 atom stereocenters. The number of benzene rings is 1. The highest BCUT2D eigenvalue weighted by molar-refractivity contribution is 8.24. The van der Waals surface area contributed by atoms with Crippen molar-refractivity contribution in [3.8, 4) is 0 Å². The predicted octanol–water partition coefficient (Wildman–Crippen LogP) is 1.95. The van der Waals surface area contributed by atoms with Crippen molar-refractivity contribution in [1.82, 2.24) is 4.90 Å². The molecule has 1 aliphatic rings. The van der Waals surface area contributed by atoms with E-state index in [-0.39, 0.29) is 5.56 Å². The number of hydrogen-bond donors (Lipinski definition) is 3. The molecule has 0 amide bonds. The van der Waals surface area contributed by atoms with Gasteiger partial charge in [-0.15, -0.1) is 0 Å². The van der Waals surface area contributed by atoms with E-state index in [0.717, 1.165) is 12.1 Å². The zero-order valence-electron chi connectivity index (χ0n) is 9.95. The van der Waals surface area contributed by atoms with Gasteiger partial charge in [-0.1, -0.05) is 12.1 Å². The SMILES string of the molecule is O=C(O)c1ccc(CN2CCS(O)(O)CC2)cc1. The van der Waals surface area contributed by atoms with Gasteiger partial charge in [0, 0.05) is 19.6 Å². The average molecular weight is 271 g/mol. The normalized spacial score (nSPS) is 21.4. The third-order valence-corrected chi connectivity index (χ3v) is 4.75. The van der Waals surface area contributed by atoms with E-state index < -0.39 is 16.6 Å². The van der Waals surface area contributed by atoms with Crippen LogP contribution in [0.3, 0.4) is 0 Å². The van der Waals surface area contributed by atoms with Gasteiger partial charge in [-0.05, 0) is 17.7 Å². The van der Waals surface area contributed by atoms with Gasteiger partial charge in [-0.2, -0.15) is 10.6 Å². The summed E-state index contributed by atoms with van der Waals surface area (Å²) in [5.41, 5.74) is 1.32. The average Bonchev–Trinajstić information content (AvgIpc) is 2.33. The van der Waals surface area contributed by atoms with Crippen molar-refractivity contribution in [3.63, 3.8) is 0 Å². The summed E-state index contributed by atoms with van der Waals surface area (Å²) >= 11 is 0. The molecule has 18 heavy (non-hydrogen) atoms. The van der Waals surface area contributed by atoms with E-state index in [4.69, 9.17) is 5.11 Å². The summed E-state index contributed by atoms with van der Waals surface area (Å²) in [5.74, 6) is -0.0612. The maximum atomic E-state index is 10.7. The Bertz CT molecular complexity index is 422. The van der Waals surface area contributed by atoms with Crippen LogP contribution in [-0.4, -0.2) is 49.7 Å². The summed E-state index contributed by atoms with van der Waals surface area (Å²) < 4.78 is 19.0. The number of carbonyl (C=O) groups is 1. The van der Waals surface area contributed by atoms with Crippen LogP contribution in [-0.2, 0) is 6.54 Å². The molecule has 1 heterocycles. The monoisotopic (exact) mass is 271 g/mol. The van der Waals surface area contributed by atoms with Crippen molar-refractivity contribution in [2.75, 3.05) is 24.6 Å². The lowest BCUT2D eigenvalue weighted by molar-refractivity contribution is 0.0697. The first-order valence-corrected chi connectivity index (χ1v) is 7.63. The molecule has 1 aromatic carbocycles. The molecule has 1 saturated heterocycles. The van der Waals surface area contributed by atoms with Gasteiger partial charge in [0.1, 0.15) is 0 Å². The minimum atomic E-state index is -2.35. The maximum Gasteiger partial charge on any atom is 0.335 e. The third kappa shape index (κ3) is 3.46. The van der Waals surface area contributed by atoms with E-state index >= 15 is 0 Å². The van der Waals surface area contributed by atoms with Crippen LogP contribution in [0.15, 0.2) is 24.3 Å². The molecular formula is C12H17NO4S. The van der Waals surface area contributed by atoms with Gasteiger partial charge in [-0.3, -0.25) is 14.0 Å². The van der Waals surface area contributed by atoms with Gasteiger partial charge in [0.2, 0.25) is 0 Å². The first kappa shape index (κ1) is 13.4. The van der Waals surface area contributed by atoms with Crippen LogP contribution in [0, 0.1) is 0 Å². The number of carboxylic acid groups (broad SMARTS) is 1. The highest BCUT2D eigenvalue weighted by atomic mass is 32.3. The highest BCUT2D eigenvalue weighted by Crippen LogP contribution is 2.40. The van der Waals surface area contributed by atoms with E-state index in [0.29, 0.717) is 24.6 Å². The minimum absolute atomic E-state index is 0.284. The maximum absolute atomic E-state index is 10.7. The van der Waals surface area contributed by atoms with Crippen LogP contribution in [0.5, 0.6) is 0 Å². The number of hydrogen-bond acceptors (Lipinski definition) is 4. The Balaban J connectivity index is 1.92. The van der Waals surface area contributed by atoms with Crippen LogP contribution in [0.4, 0.5) is 0 Å². The van der Waals surface area contributed by atoms with Crippen LogP contribution < -0.4 is 0 Å². The molecule has 0 radical (unpaired) electrons. The van der Waals surface area contributed by atoms with Crippen LogP contribution in [0.2, 0.25) is 0 Å². The Labute approximate surface area is 107 Å². The first-order chi connectivity index (χ1) is 8.46. The fourth-order valence-corrected chi connectivity index (χ4v) is 3.24. The Hall–Kier alpha value is -1.08. The molecule has 100 valence electrons. The summed E-state index contributed by atoms with van der Waals surface area (Å²) in [5, 5.41) is 8.79. The topological polar surface area (TPSA) is 81.0 Å². The van der Waals surface area contributed by atoms with Gasteiger partial charge >= 0.3 is 5.97 Å². The Kier molecular flexibility index (Phi) is 3.91. The lowest BCUT2D eigenvalue weighted by Gasteiger charge is -2.41. The van der Waals surface area contributed by atoms with Gasteiger partial charge in [-0.25, -0.2) is 4.79 Å².